The number of likely N-dealkylation sites (N-methyl/N-ethyl adjacent to an activating group) is 1. The van der Waals surface area contributed by atoms with Crippen molar-refractivity contribution in [2.75, 3.05) is 26.7 Å². The first-order chi connectivity index (χ1) is 9.35. The number of piperidine rings is 1. The highest BCUT2D eigenvalue weighted by molar-refractivity contribution is 5.84. The molecule has 1 saturated heterocycles. The molecule has 1 heterocycles. The zero-order chi connectivity index (χ0) is 15.2. The van der Waals surface area contributed by atoms with Crippen molar-refractivity contribution < 1.29 is 4.79 Å². The van der Waals surface area contributed by atoms with E-state index in [1.165, 1.54) is 32.4 Å². The number of primary amides is 1. The summed E-state index contributed by atoms with van der Waals surface area (Å²) >= 11 is 0. The second-order valence-electron chi connectivity index (χ2n) is 6.91. The average molecular weight is 283 g/mol. The molecule has 0 aromatic heterocycles. The summed E-state index contributed by atoms with van der Waals surface area (Å²) in [6.07, 6.45) is 6.94. The highest BCUT2D eigenvalue weighted by Crippen LogP contribution is 2.33. The summed E-state index contributed by atoms with van der Waals surface area (Å²) in [5.74, 6) is -0.253. The molecule has 4 heteroatoms. The Morgan fingerprint density at radius 3 is 2.40 bits per heavy atom. The van der Waals surface area contributed by atoms with Gasteiger partial charge in [0.1, 0.15) is 0 Å². The summed E-state index contributed by atoms with van der Waals surface area (Å²) in [6, 6.07) is 0. The largest absolute Gasteiger partial charge is 0.368 e. The van der Waals surface area contributed by atoms with Crippen molar-refractivity contribution in [1.82, 2.24) is 10.2 Å². The smallest absolute Gasteiger partial charge is 0.237 e. The molecule has 4 nitrogen and oxygen atoms in total. The lowest BCUT2D eigenvalue weighted by molar-refractivity contribution is -0.123. The Morgan fingerprint density at radius 2 is 1.95 bits per heavy atom. The van der Waals surface area contributed by atoms with Gasteiger partial charge in [-0.2, -0.15) is 0 Å². The highest BCUT2D eigenvalue weighted by Gasteiger charge is 2.29. The first kappa shape index (κ1) is 17.4. The van der Waals surface area contributed by atoms with Crippen LogP contribution in [-0.4, -0.2) is 43.0 Å². The first-order valence-corrected chi connectivity index (χ1v) is 8.06. The monoisotopic (exact) mass is 283 g/mol. The molecule has 1 unspecified atom stereocenters. The standard InChI is InChI=1S/C16H33N3O/c1-5-15(2)9-12-19(13-10-15)11-7-6-8-16(3,18-4)14(17)20/h18H,5-13H2,1-4H3,(H2,17,20). The van der Waals surface area contributed by atoms with Gasteiger partial charge in [-0.05, 0) is 71.1 Å². The van der Waals surface area contributed by atoms with Crippen LogP contribution in [0.5, 0.6) is 0 Å². The van der Waals surface area contributed by atoms with E-state index >= 15 is 0 Å². The fraction of sp³-hybridized carbons (Fsp3) is 0.938. The Labute approximate surface area is 124 Å². The van der Waals surface area contributed by atoms with Gasteiger partial charge in [-0.25, -0.2) is 0 Å². The molecule has 0 aliphatic carbocycles. The third-order valence-corrected chi connectivity index (χ3v) is 5.41. The molecule has 0 aromatic carbocycles. The van der Waals surface area contributed by atoms with Crippen molar-refractivity contribution in [2.45, 2.75) is 64.8 Å². The van der Waals surface area contributed by atoms with Gasteiger partial charge in [0, 0.05) is 0 Å². The number of hydrogen-bond acceptors (Lipinski definition) is 3. The van der Waals surface area contributed by atoms with Crippen molar-refractivity contribution in [2.24, 2.45) is 11.1 Å². The minimum absolute atomic E-state index is 0.253. The van der Waals surface area contributed by atoms with Crippen LogP contribution in [0.15, 0.2) is 0 Å². The van der Waals surface area contributed by atoms with Crippen LogP contribution in [0.4, 0.5) is 0 Å². The quantitative estimate of drug-likeness (QED) is 0.671. The molecule has 0 bridgehead atoms. The Morgan fingerprint density at radius 1 is 1.35 bits per heavy atom. The lowest BCUT2D eigenvalue weighted by atomic mass is 9.78. The summed E-state index contributed by atoms with van der Waals surface area (Å²) < 4.78 is 0. The predicted molar refractivity (Wildman–Crippen MR) is 84.6 cm³/mol. The molecule has 1 rings (SSSR count). The molecule has 118 valence electrons. The third-order valence-electron chi connectivity index (χ3n) is 5.41. The number of unbranched alkanes of at least 4 members (excludes halogenated alkanes) is 1. The number of nitrogens with two attached hydrogens (primary N) is 1. The fourth-order valence-electron chi connectivity index (χ4n) is 2.86. The van der Waals surface area contributed by atoms with E-state index in [9.17, 15) is 4.79 Å². The average Bonchev–Trinajstić information content (AvgIpc) is 2.45. The maximum atomic E-state index is 11.4. The van der Waals surface area contributed by atoms with Crippen molar-refractivity contribution in [3.63, 3.8) is 0 Å². The number of nitrogens with one attached hydrogen (secondary N) is 1. The van der Waals surface area contributed by atoms with Crippen LogP contribution in [0.1, 0.15) is 59.3 Å². The van der Waals surface area contributed by atoms with E-state index in [0.29, 0.717) is 5.41 Å². The molecule has 1 atom stereocenters. The zero-order valence-electron chi connectivity index (χ0n) is 13.8. The highest BCUT2D eigenvalue weighted by atomic mass is 16.1. The van der Waals surface area contributed by atoms with Crippen LogP contribution >= 0.6 is 0 Å². The van der Waals surface area contributed by atoms with Crippen LogP contribution in [0.25, 0.3) is 0 Å². The molecule has 1 aliphatic rings. The minimum atomic E-state index is -0.553. The van der Waals surface area contributed by atoms with Crippen LogP contribution in [0, 0.1) is 5.41 Å². The Hall–Kier alpha value is -0.610. The Bertz CT molecular complexity index is 311. The maximum Gasteiger partial charge on any atom is 0.237 e. The molecule has 1 amide bonds. The van der Waals surface area contributed by atoms with Crippen molar-refractivity contribution in [1.29, 1.82) is 0 Å². The molecule has 0 saturated carbocycles. The molecule has 1 aliphatic heterocycles. The topological polar surface area (TPSA) is 58.4 Å². The van der Waals surface area contributed by atoms with E-state index < -0.39 is 5.54 Å². The number of hydrogen-bond donors (Lipinski definition) is 2. The number of carbonyl (C=O) groups is 1. The zero-order valence-corrected chi connectivity index (χ0v) is 13.8. The van der Waals surface area contributed by atoms with E-state index in [2.05, 4.69) is 24.1 Å². The summed E-state index contributed by atoms with van der Waals surface area (Å²) in [5.41, 5.74) is 5.45. The fourth-order valence-corrected chi connectivity index (χ4v) is 2.86. The molecule has 0 aromatic rings. The summed E-state index contributed by atoms with van der Waals surface area (Å²) in [5, 5.41) is 3.05. The summed E-state index contributed by atoms with van der Waals surface area (Å²) in [6.45, 7) is 10.2. The van der Waals surface area contributed by atoms with Crippen LogP contribution in [0.3, 0.4) is 0 Å². The molecule has 0 radical (unpaired) electrons. The second kappa shape index (κ2) is 7.41. The molecular formula is C16H33N3O. The number of likely N-dealkylation sites (tertiary alicyclic amines) is 1. The van der Waals surface area contributed by atoms with Gasteiger partial charge in [-0.1, -0.05) is 20.3 Å². The number of amides is 1. The van der Waals surface area contributed by atoms with Gasteiger partial charge >= 0.3 is 0 Å². The van der Waals surface area contributed by atoms with Gasteiger partial charge in [-0.15, -0.1) is 0 Å². The van der Waals surface area contributed by atoms with E-state index in [0.717, 1.165) is 25.8 Å². The van der Waals surface area contributed by atoms with Crippen molar-refractivity contribution in [3.05, 3.63) is 0 Å². The first-order valence-electron chi connectivity index (χ1n) is 8.06. The van der Waals surface area contributed by atoms with Gasteiger partial charge in [0.15, 0.2) is 0 Å². The van der Waals surface area contributed by atoms with E-state index in [1.54, 1.807) is 7.05 Å². The van der Waals surface area contributed by atoms with Gasteiger partial charge < -0.3 is 16.0 Å². The second-order valence-corrected chi connectivity index (χ2v) is 6.91. The van der Waals surface area contributed by atoms with Gasteiger partial charge in [-0.3, -0.25) is 4.79 Å². The number of nitrogens with zero attached hydrogens (tertiary/aromatic N) is 1. The van der Waals surface area contributed by atoms with Crippen LogP contribution in [-0.2, 0) is 4.79 Å². The molecule has 1 fully saturated rings. The van der Waals surface area contributed by atoms with Crippen molar-refractivity contribution in [3.8, 4) is 0 Å². The van der Waals surface area contributed by atoms with E-state index in [-0.39, 0.29) is 5.91 Å². The molecule has 20 heavy (non-hydrogen) atoms. The van der Waals surface area contributed by atoms with Gasteiger partial charge in [0.2, 0.25) is 5.91 Å². The summed E-state index contributed by atoms with van der Waals surface area (Å²) in [4.78, 5) is 14.0. The van der Waals surface area contributed by atoms with Crippen molar-refractivity contribution >= 4 is 5.91 Å². The van der Waals surface area contributed by atoms with E-state index in [1.807, 2.05) is 6.92 Å². The van der Waals surface area contributed by atoms with Crippen LogP contribution in [0.2, 0.25) is 0 Å². The maximum absolute atomic E-state index is 11.4. The van der Waals surface area contributed by atoms with Crippen LogP contribution < -0.4 is 11.1 Å². The number of rotatable bonds is 8. The molecule has 3 N–H and O–H groups in total. The Balaban J connectivity index is 2.21. The minimum Gasteiger partial charge on any atom is -0.368 e. The lowest BCUT2D eigenvalue weighted by Crippen LogP contribution is -2.51. The lowest BCUT2D eigenvalue weighted by Gasteiger charge is -2.39. The Kier molecular flexibility index (Phi) is 6.46. The SMILES string of the molecule is CCC1(C)CCN(CCCCC(C)(NC)C(N)=O)CC1. The predicted octanol–water partition coefficient (Wildman–Crippen LogP) is 2.13. The summed E-state index contributed by atoms with van der Waals surface area (Å²) in [7, 11) is 1.81. The normalized spacial score (nSPS) is 22.4. The molecule has 0 spiro atoms. The van der Waals surface area contributed by atoms with Gasteiger partial charge in [0.05, 0.1) is 5.54 Å². The third kappa shape index (κ3) is 4.74. The molecular weight excluding hydrogens is 250 g/mol. The number of carbonyl (C=O) groups excluding carboxylic acids is 1. The van der Waals surface area contributed by atoms with E-state index in [4.69, 9.17) is 5.73 Å². The van der Waals surface area contributed by atoms with Gasteiger partial charge in [0.25, 0.3) is 0 Å².